The van der Waals surface area contributed by atoms with E-state index in [1.807, 2.05) is 13.8 Å². The van der Waals surface area contributed by atoms with Crippen molar-refractivity contribution in [1.29, 1.82) is 0 Å². The molecule has 18 nitrogen and oxygen atoms in total. The zero-order valence-corrected chi connectivity index (χ0v) is 22.5. The SMILES string of the molecule is CC(=O)F.CC(O)C(N)C(=O)O.CCC(C)C(N)C(=O)O.NC(CC(=O)O)C(=O)O.NC(CCC(=O)O)C(=O)O. The maximum absolute atomic E-state index is 10.4. The number of carboxylic acids is 6. The molecule has 0 aromatic carbocycles. The first-order chi connectivity index (χ1) is 18.0. The number of halogens is 1. The molecule has 19 heteroatoms. The number of carboxylic acid groups (broad SMARTS) is 6. The summed E-state index contributed by atoms with van der Waals surface area (Å²) >= 11 is 0. The molecule has 6 unspecified atom stereocenters. The summed E-state index contributed by atoms with van der Waals surface area (Å²) < 4.78 is 10.4. The molecule has 0 amide bonds. The Kier molecular flexibility index (Phi) is 30.9. The molecule has 0 saturated heterocycles. The van der Waals surface area contributed by atoms with E-state index in [9.17, 15) is 33.2 Å². The Balaban J connectivity index is -0.000000130. The summed E-state index contributed by atoms with van der Waals surface area (Å²) in [6.45, 7) is 5.95. The molecule has 0 rings (SSSR count). The first kappa shape index (κ1) is 46.1. The average molecular weight is 593 g/mol. The van der Waals surface area contributed by atoms with Crippen molar-refractivity contribution in [1.82, 2.24) is 0 Å². The number of carbonyl (C=O) groups excluding carboxylic acids is 1. The Bertz CT molecular complexity index is 793. The summed E-state index contributed by atoms with van der Waals surface area (Å²) in [5.41, 5.74) is 20.0. The van der Waals surface area contributed by atoms with Gasteiger partial charge in [-0.3, -0.25) is 33.6 Å². The number of aliphatic hydroxyl groups is 1. The summed E-state index contributed by atoms with van der Waals surface area (Å²) in [5, 5.41) is 57.2. The van der Waals surface area contributed by atoms with Crippen LogP contribution in [0.2, 0.25) is 0 Å². The number of carbonyl (C=O) groups is 7. The predicted molar refractivity (Wildman–Crippen MR) is 134 cm³/mol. The largest absolute Gasteiger partial charge is 0.481 e. The molecule has 15 N–H and O–H groups in total. The van der Waals surface area contributed by atoms with E-state index in [-0.39, 0.29) is 18.8 Å². The van der Waals surface area contributed by atoms with E-state index in [2.05, 4.69) is 0 Å². The van der Waals surface area contributed by atoms with Gasteiger partial charge >= 0.3 is 35.8 Å². The fourth-order valence-corrected chi connectivity index (χ4v) is 1.38. The molecule has 236 valence electrons. The van der Waals surface area contributed by atoms with Crippen LogP contribution in [-0.4, -0.2) is 108 Å². The number of rotatable bonds is 12. The maximum atomic E-state index is 10.4. The smallest absolute Gasteiger partial charge is 0.323 e. The van der Waals surface area contributed by atoms with Gasteiger partial charge in [0.1, 0.15) is 24.2 Å². The van der Waals surface area contributed by atoms with Crippen molar-refractivity contribution < 1.29 is 73.7 Å². The summed E-state index contributed by atoms with van der Waals surface area (Å²) in [5.74, 6) is -6.72. The van der Waals surface area contributed by atoms with Crippen molar-refractivity contribution in [2.75, 3.05) is 0 Å². The van der Waals surface area contributed by atoms with E-state index in [1.165, 1.54) is 6.92 Å². The molecule has 0 saturated carbocycles. The van der Waals surface area contributed by atoms with Crippen molar-refractivity contribution in [3.8, 4) is 0 Å². The lowest BCUT2D eigenvalue weighted by Crippen LogP contribution is -2.39. The highest BCUT2D eigenvalue weighted by molar-refractivity contribution is 5.80. The Morgan fingerprint density at radius 1 is 0.675 bits per heavy atom. The van der Waals surface area contributed by atoms with Crippen LogP contribution < -0.4 is 22.9 Å². The summed E-state index contributed by atoms with van der Waals surface area (Å²) in [7, 11) is 0. The van der Waals surface area contributed by atoms with Gasteiger partial charge in [0.2, 0.25) is 0 Å². The Hall–Kier alpha value is -3.78. The van der Waals surface area contributed by atoms with Gasteiger partial charge in [0.15, 0.2) is 0 Å². The van der Waals surface area contributed by atoms with Gasteiger partial charge in [0.05, 0.1) is 12.5 Å². The van der Waals surface area contributed by atoms with Gasteiger partial charge in [-0.25, -0.2) is 0 Å². The van der Waals surface area contributed by atoms with Crippen molar-refractivity contribution in [3.05, 3.63) is 0 Å². The van der Waals surface area contributed by atoms with E-state index < -0.39 is 78.5 Å². The number of nitrogens with two attached hydrogens (primary N) is 4. The highest BCUT2D eigenvalue weighted by Crippen LogP contribution is 2.04. The van der Waals surface area contributed by atoms with E-state index in [0.29, 0.717) is 0 Å². The molecule has 0 aromatic heterocycles. The van der Waals surface area contributed by atoms with Crippen LogP contribution >= 0.6 is 0 Å². The molecule has 0 heterocycles. The fraction of sp³-hybridized carbons (Fsp3) is 0.667. The third-order valence-electron chi connectivity index (χ3n) is 4.05. The number of hydrogen-bond acceptors (Lipinski definition) is 12. The number of aliphatic carboxylic acids is 6. The van der Waals surface area contributed by atoms with Gasteiger partial charge < -0.3 is 58.7 Å². The quantitative estimate of drug-likeness (QED) is 0.108. The molecule has 40 heavy (non-hydrogen) atoms. The summed E-state index contributed by atoms with van der Waals surface area (Å²) in [4.78, 5) is 68.3. The maximum Gasteiger partial charge on any atom is 0.323 e. The predicted octanol–water partition coefficient (Wildman–Crippen LogP) is -2.14. The molecule has 6 atom stereocenters. The molecule has 0 radical (unpaired) electrons. The Labute approximate surface area is 228 Å². The summed E-state index contributed by atoms with van der Waals surface area (Å²) in [6.07, 6.45) is -0.923. The van der Waals surface area contributed by atoms with E-state index in [0.717, 1.165) is 13.3 Å². The zero-order valence-electron chi connectivity index (χ0n) is 22.5. The molecule has 0 fully saturated rings. The highest BCUT2D eigenvalue weighted by Gasteiger charge is 2.18. The third-order valence-corrected chi connectivity index (χ3v) is 4.05. The second-order valence-corrected chi connectivity index (χ2v) is 7.74. The molecule has 0 aromatic rings. The molecule has 0 aliphatic rings. The fourth-order valence-electron chi connectivity index (χ4n) is 1.38. The molecular weight excluding hydrogens is 551 g/mol. The van der Waals surface area contributed by atoms with Crippen molar-refractivity contribution >= 4 is 41.9 Å². The zero-order chi connectivity index (χ0) is 33.3. The molecule has 0 bridgehead atoms. The Morgan fingerprint density at radius 2 is 1.02 bits per heavy atom. The molecular formula is C21H41FN4O14. The third kappa shape index (κ3) is 38.7. The second-order valence-electron chi connectivity index (χ2n) is 7.74. The van der Waals surface area contributed by atoms with Crippen LogP contribution in [0.25, 0.3) is 0 Å². The molecule has 0 aliphatic heterocycles. The van der Waals surface area contributed by atoms with Crippen LogP contribution in [0.1, 0.15) is 53.4 Å². The lowest BCUT2D eigenvalue weighted by Gasteiger charge is -2.11. The average Bonchev–Trinajstić information content (AvgIpc) is 2.80. The minimum Gasteiger partial charge on any atom is -0.481 e. The molecule has 0 aliphatic carbocycles. The van der Waals surface area contributed by atoms with Gasteiger partial charge in [0, 0.05) is 13.3 Å². The standard InChI is InChI=1S/C6H13NO2.C5H9NO4.C4H7NO4.C4H9NO3.C2H3FO/c1-3-4(2)5(7)6(8)9;6-3(5(9)10)1-2-4(7)8;5-2(4(8)9)1-3(6)7;1-2(6)3(5)4(7)8;1-2(3)4/h4-5H,3,7H2,1-2H3,(H,8,9);3H,1-2,6H2,(H,7,8)(H,9,10);2H,1,5H2,(H,6,7)(H,8,9);2-3,6H,5H2,1H3,(H,7,8);1H3. The van der Waals surface area contributed by atoms with Gasteiger partial charge in [-0.2, -0.15) is 4.39 Å². The van der Waals surface area contributed by atoms with E-state index in [4.69, 9.17) is 63.5 Å². The minimum absolute atomic E-state index is 0.0231. The van der Waals surface area contributed by atoms with Crippen LogP contribution in [0.4, 0.5) is 4.39 Å². The Morgan fingerprint density at radius 3 is 1.15 bits per heavy atom. The van der Waals surface area contributed by atoms with E-state index >= 15 is 0 Å². The highest BCUT2D eigenvalue weighted by atomic mass is 19.1. The first-order valence-corrected chi connectivity index (χ1v) is 11.2. The minimum atomic E-state index is -1.33. The van der Waals surface area contributed by atoms with Crippen LogP contribution in [-0.2, 0) is 33.6 Å². The lowest BCUT2D eigenvalue weighted by atomic mass is 10.0. The van der Waals surface area contributed by atoms with Crippen LogP contribution in [0.5, 0.6) is 0 Å². The number of hydrogen-bond donors (Lipinski definition) is 11. The summed E-state index contributed by atoms with van der Waals surface area (Å²) in [6, 6.07) is -5.54. The van der Waals surface area contributed by atoms with Crippen molar-refractivity contribution in [2.24, 2.45) is 28.9 Å². The van der Waals surface area contributed by atoms with Gasteiger partial charge in [0.25, 0.3) is 6.04 Å². The topological polar surface area (TPSA) is 365 Å². The van der Waals surface area contributed by atoms with Gasteiger partial charge in [-0.15, -0.1) is 0 Å². The second kappa shape index (κ2) is 26.8. The van der Waals surface area contributed by atoms with Gasteiger partial charge in [-0.05, 0) is 19.3 Å². The normalized spacial score (nSPS) is 13.8. The van der Waals surface area contributed by atoms with Gasteiger partial charge in [-0.1, -0.05) is 20.3 Å². The van der Waals surface area contributed by atoms with Crippen LogP contribution in [0, 0.1) is 5.92 Å². The van der Waals surface area contributed by atoms with Crippen molar-refractivity contribution in [3.63, 3.8) is 0 Å². The monoisotopic (exact) mass is 592 g/mol. The molecule has 0 spiro atoms. The van der Waals surface area contributed by atoms with Crippen molar-refractivity contribution in [2.45, 2.75) is 83.6 Å². The lowest BCUT2D eigenvalue weighted by molar-refractivity contribution is -0.144. The van der Waals surface area contributed by atoms with E-state index in [1.54, 1.807) is 0 Å². The number of aliphatic hydroxyl groups excluding tert-OH is 1. The van der Waals surface area contributed by atoms with Crippen LogP contribution in [0.3, 0.4) is 0 Å². The first-order valence-electron chi connectivity index (χ1n) is 11.2. The van der Waals surface area contributed by atoms with Crippen LogP contribution in [0.15, 0.2) is 0 Å².